The van der Waals surface area contributed by atoms with Crippen LogP contribution in [0.15, 0.2) is 59.0 Å². The largest absolute Gasteiger partial charge is 0.463 e. The molecule has 3 heteroatoms. The van der Waals surface area contributed by atoms with Crippen LogP contribution < -0.4 is 5.32 Å². The summed E-state index contributed by atoms with van der Waals surface area (Å²) >= 11 is 0. The molecule has 0 radical (unpaired) electrons. The molecular formula is C20H24N2O. The summed E-state index contributed by atoms with van der Waals surface area (Å²) in [5.74, 6) is 2.01. The molecule has 0 atom stereocenters. The fourth-order valence-corrected chi connectivity index (χ4v) is 2.86. The summed E-state index contributed by atoms with van der Waals surface area (Å²) in [6.07, 6.45) is 1.02. The second kappa shape index (κ2) is 7.44. The third-order valence-corrected chi connectivity index (χ3v) is 3.94. The van der Waals surface area contributed by atoms with Gasteiger partial charge in [-0.25, -0.2) is 0 Å². The van der Waals surface area contributed by atoms with Gasteiger partial charge in [0.1, 0.15) is 11.5 Å². The highest BCUT2D eigenvalue weighted by Crippen LogP contribution is 2.18. The lowest BCUT2D eigenvalue weighted by molar-refractivity contribution is 0.339. The van der Waals surface area contributed by atoms with Gasteiger partial charge in [0.25, 0.3) is 0 Å². The van der Waals surface area contributed by atoms with E-state index in [4.69, 9.17) is 4.42 Å². The van der Waals surface area contributed by atoms with Crippen LogP contribution in [-0.2, 0) is 19.5 Å². The Balaban J connectivity index is 1.52. The normalized spacial score (nSPS) is 11.4. The summed E-state index contributed by atoms with van der Waals surface area (Å²) in [7, 11) is 4.09. The number of rotatable bonds is 7. The minimum Gasteiger partial charge on any atom is -0.463 e. The van der Waals surface area contributed by atoms with Crippen molar-refractivity contribution in [2.24, 2.45) is 0 Å². The lowest BCUT2D eigenvalue weighted by Gasteiger charge is -2.08. The zero-order valence-electron chi connectivity index (χ0n) is 13.9. The fraction of sp³-hybridized carbons (Fsp3) is 0.300. The minimum atomic E-state index is 0.776. The van der Waals surface area contributed by atoms with Crippen molar-refractivity contribution in [1.82, 2.24) is 10.2 Å². The lowest BCUT2D eigenvalue weighted by Crippen LogP contribution is -2.16. The van der Waals surface area contributed by atoms with Gasteiger partial charge in [0.2, 0.25) is 0 Å². The maximum absolute atomic E-state index is 5.81. The zero-order valence-corrected chi connectivity index (χ0v) is 13.9. The van der Waals surface area contributed by atoms with Crippen LogP contribution >= 0.6 is 0 Å². The predicted molar refractivity (Wildman–Crippen MR) is 95.5 cm³/mol. The van der Waals surface area contributed by atoms with E-state index in [1.807, 2.05) is 14.1 Å². The fourth-order valence-electron chi connectivity index (χ4n) is 2.86. The molecule has 120 valence electrons. The van der Waals surface area contributed by atoms with Crippen molar-refractivity contribution in [3.05, 3.63) is 71.7 Å². The van der Waals surface area contributed by atoms with E-state index in [-0.39, 0.29) is 0 Å². The number of furan rings is 1. The Hall–Kier alpha value is -2.10. The van der Waals surface area contributed by atoms with Gasteiger partial charge >= 0.3 is 0 Å². The van der Waals surface area contributed by atoms with E-state index in [0.29, 0.717) is 0 Å². The highest BCUT2D eigenvalue weighted by atomic mass is 16.3. The van der Waals surface area contributed by atoms with E-state index in [1.54, 1.807) is 0 Å². The quantitative estimate of drug-likeness (QED) is 0.673. The SMILES string of the molecule is CN(C)Cc1ccc(CNCCc2cccc3ccccc23)o1. The maximum atomic E-state index is 5.81. The Morgan fingerprint density at radius 1 is 0.913 bits per heavy atom. The number of hydrogen-bond acceptors (Lipinski definition) is 3. The molecule has 0 aliphatic heterocycles. The summed E-state index contributed by atoms with van der Waals surface area (Å²) in [4.78, 5) is 2.11. The molecule has 0 aliphatic carbocycles. The average molecular weight is 308 g/mol. The standard InChI is InChI=1S/C20H24N2O/c1-22(2)15-19-11-10-18(23-19)14-21-13-12-17-8-5-7-16-6-3-4-9-20(16)17/h3-11,21H,12-15H2,1-2H3. The Bertz CT molecular complexity index is 756. The van der Waals surface area contributed by atoms with Gasteiger partial charge in [0, 0.05) is 0 Å². The third-order valence-electron chi connectivity index (χ3n) is 3.94. The van der Waals surface area contributed by atoms with Gasteiger partial charge in [-0.1, -0.05) is 42.5 Å². The molecule has 0 spiro atoms. The van der Waals surface area contributed by atoms with Gasteiger partial charge in [-0.2, -0.15) is 0 Å². The highest BCUT2D eigenvalue weighted by molar-refractivity contribution is 5.85. The molecule has 1 heterocycles. The first kappa shape index (κ1) is 15.8. The summed E-state index contributed by atoms with van der Waals surface area (Å²) in [5, 5.41) is 6.13. The van der Waals surface area contributed by atoms with Crippen molar-refractivity contribution >= 4 is 10.8 Å². The van der Waals surface area contributed by atoms with E-state index in [0.717, 1.165) is 37.6 Å². The van der Waals surface area contributed by atoms with Crippen molar-refractivity contribution in [1.29, 1.82) is 0 Å². The average Bonchev–Trinajstić information content (AvgIpc) is 2.98. The van der Waals surface area contributed by atoms with Gasteiger partial charge in [-0.05, 0) is 55.5 Å². The summed E-state index contributed by atoms with van der Waals surface area (Å²) in [6, 6.07) is 19.2. The molecule has 1 N–H and O–H groups in total. The molecule has 0 amide bonds. The molecule has 23 heavy (non-hydrogen) atoms. The van der Waals surface area contributed by atoms with Crippen molar-refractivity contribution in [3.63, 3.8) is 0 Å². The van der Waals surface area contributed by atoms with Crippen molar-refractivity contribution in [2.45, 2.75) is 19.5 Å². The first-order valence-electron chi connectivity index (χ1n) is 8.12. The number of nitrogens with zero attached hydrogens (tertiary/aromatic N) is 1. The van der Waals surface area contributed by atoms with Gasteiger partial charge in [0.05, 0.1) is 13.1 Å². The second-order valence-corrected chi connectivity index (χ2v) is 6.17. The summed E-state index contributed by atoms with van der Waals surface area (Å²) in [6.45, 7) is 2.56. The van der Waals surface area contributed by atoms with E-state index >= 15 is 0 Å². The molecule has 0 bridgehead atoms. The van der Waals surface area contributed by atoms with Gasteiger partial charge in [0.15, 0.2) is 0 Å². The van der Waals surface area contributed by atoms with Crippen LogP contribution in [0.3, 0.4) is 0 Å². The first-order valence-corrected chi connectivity index (χ1v) is 8.12. The van der Waals surface area contributed by atoms with Crippen molar-refractivity contribution in [3.8, 4) is 0 Å². The number of nitrogens with one attached hydrogen (secondary N) is 1. The topological polar surface area (TPSA) is 28.4 Å². The van der Waals surface area contributed by atoms with Gasteiger partial charge < -0.3 is 14.6 Å². The van der Waals surface area contributed by atoms with Crippen LogP contribution in [0.2, 0.25) is 0 Å². The van der Waals surface area contributed by atoms with Crippen LogP contribution in [0.1, 0.15) is 17.1 Å². The Morgan fingerprint density at radius 2 is 1.70 bits per heavy atom. The van der Waals surface area contributed by atoms with Gasteiger partial charge in [-0.15, -0.1) is 0 Å². The zero-order chi connectivity index (χ0) is 16.1. The molecule has 2 aromatic carbocycles. The first-order chi connectivity index (χ1) is 11.2. The molecular weight excluding hydrogens is 284 g/mol. The molecule has 3 nitrogen and oxygen atoms in total. The minimum absolute atomic E-state index is 0.776. The summed E-state index contributed by atoms with van der Waals surface area (Å²) < 4.78 is 5.81. The Labute approximate surface area is 137 Å². The van der Waals surface area contributed by atoms with Crippen LogP contribution in [-0.4, -0.2) is 25.5 Å². The molecule has 3 rings (SSSR count). The van der Waals surface area contributed by atoms with Crippen molar-refractivity contribution < 1.29 is 4.42 Å². The van der Waals surface area contributed by atoms with E-state index in [2.05, 4.69) is 64.8 Å². The van der Waals surface area contributed by atoms with E-state index < -0.39 is 0 Å². The summed E-state index contributed by atoms with van der Waals surface area (Å²) in [5.41, 5.74) is 1.39. The number of fused-ring (bicyclic) bond motifs is 1. The number of benzene rings is 2. The monoisotopic (exact) mass is 308 g/mol. The molecule has 0 saturated heterocycles. The van der Waals surface area contributed by atoms with Crippen LogP contribution in [0.25, 0.3) is 10.8 Å². The molecule has 0 unspecified atom stereocenters. The Morgan fingerprint density at radius 3 is 2.57 bits per heavy atom. The van der Waals surface area contributed by atoms with Gasteiger partial charge in [-0.3, -0.25) is 0 Å². The number of hydrogen-bond donors (Lipinski definition) is 1. The molecule has 0 saturated carbocycles. The van der Waals surface area contributed by atoms with Crippen LogP contribution in [0.4, 0.5) is 0 Å². The van der Waals surface area contributed by atoms with E-state index in [1.165, 1.54) is 16.3 Å². The highest BCUT2D eigenvalue weighted by Gasteiger charge is 2.04. The smallest absolute Gasteiger partial charge is 0.118 e. The Kier molecular flexibility index (Phi) is 5.11. The predicted octanol–water partition coefficient (Wildman–Crippen LogP) is 3.83. The molecule has 0 aliphatic rings. The van der Waals surface area contributed by atoms with Crippen LogP contribution in [0, 0.1) is 0 Å². The molecule has 1 aromatic heterocycles. The van der Waals surface area contributed by atoms with Crippen LogP contribution in [0.5, 0.6) is 0 Å². The molecule has 3 aromatic rings. The lowest BCUT2D eigenvalue weighted by atomic mass is 10.0. The van der Waals surface area contributed by atoms with E-state index in [9.17, 15) is 0 Å². The maximum Gasteiger partial charge on any atom is 0.118 e. The van der Waals surface area contributed by atoms with Crippen molar-refractivity contribution in [2.75, 3.05) is 20.6 Å². The second-order valence-electron chi connectivity index (χ2n) is 6.17. The third kappa shape index (κ3) is 4.21. The molecule has 0 fully saturated rings.